The van der Waals surface area contributed by atoms with Gasteiger partial charge in [-0.1, -0.05) is 23.7 Å². The summed E-state index contributed by atoms with van der Waals surface area (Å²) in [6.45, 7) is 0. The zero-order valence-electron chi connectivity index (χ0n) is 12.4. The predicted octanol–water partition coefficient (Wildman–Crippen LogP) is 4.45. The van der Waals surface area contributed by atoms with Crippen molar-refractivity contribution >= 4 is 33.5 Å². The van der Waals surface area contributed by atoms with Crippen molar-refractivity contribution in [2.45, 2.75) is 18.3 Å². The fraction of sp³-hybridized carbons (Fsp3) is 0.235. The highest BCUT2D eigenvalue weighted by molar-refractivity contribution is 9.10. The van der Waals surface area contributed by atoms with Gasteiger partial charge >= 0.3 is 5.97 Å². The van der Waals surface area contributed by atoms with Crippen LogP contribution in [0.2, 0.25) is 5.02 Å². The fourth-order valence-corrected chi connectivity index (χ4v) is 2.90. The van der Waals surface area contributed by atoms with E-state index in [-0.39, 0.29) is 18.3 Å². The van der Waals surface area contributed by atoms with Gasteiger partial charge in [0.25, 0.3) is 0 Å². The smallest absolute Gasteiger partial charge is 0.306 e. The lowest BCUT2D eigenvalue weighted by Gasteiger charge is -2.22. The summed E-state index contributed by atoms with van der Waals surface area (Å²) in [6.07, 6.45) is 3.39. The van der Waals surface area contributed by atoms with Crippen LogP contribution in [0.3, 0.4) is 0 Å². The first-order chi connectivity index (χ1) is 11.0. The number of hydrogen-bond donors (Lipinski definition) is 0. The van der Waals surface area contributed by atoms with E-state index in [9.17, 15) is 10.1 Å². The van der Waals surface area contributed by atoms with E-state index in [1.165, 1.54) is 7.11 Å². The Morgan fingerprint density at radius 2 is 2.04 bits per heavy atom. The molecule has 2 unspecified atom stereocenters. The van der Waals surface area contributed by atoms with E-state index in [4.69, 9.17) is 16.3 Å². The van der Waals surface area contributed by atoms with E-state index >= 15 is 0 Å². The highest BCUT2D eigenvalue weighted by Crippen LogP contribution is 2.36. The normalized spacial score (nSPS) is 13.0. The van der Waals surface area contributed by atoms with Crippen molar-refractivity contribution < 1.29 is 9.53 Å². The van der Waals surface area contributed by atoms with Gasteiger partial charge in [-0.3, -0.25) is 9.78 Å². The van der Waals surface area contributed by atoms with E-state index in [0.717, 1.165) is 15.6 Å². The van der Waals surface area contributed by atoms with E-state index in [2.05, 4.69) is 27.0 Å². The van der Waals surface area contributed by atoms with Gasteiger partial charge in [0.1, 0.15) is 0 Å². The van der Waals surface area contributed by atoms with Crippen molar-refractivity contribution in [2.75, 3.05) is 7.11 Å². The van der Waals surface area contributed by atoms with E-state index in [1.807, 2.05) is 18.2 Å². The van der Waals surface area contributed by atoms with Gasteiger partial charge in [-0.2, -0.15) is 5.26 Å². The minimum Gasteiger partial charge on any atom is -0.469 e. The van der Waals surface area contributed by atoms with Crippen LogP contribution in [0, 0.1) is 11.3 Å². The summed E-state index contributed by atoms with van der Waals surface area (Å²) in [4.78, 5) is 15.9. The van der Waals surface area contributed by atoms with Crippen LogP contribution >= 0.6 is 27.5 Å². The first kappa shape index (κ1) is 17.5. The number of nitrogens with zero attached hydrogens (tertiary/aromatic N) is 2. The summed E-state index contributed by atoms with van der Waals surface area (Å²) in [5.74, 6) is -1.24. The molecule has 118 valence electrons. The summed E-state index contributed by atoms with van der Waals surface area (Å²) < 4.78 is 5.56. The number of ether oxygens (including phenoxy) is 1. The maximum Gasteiger partial charge on any atom is 0.306 e. The second kappa shape index (κ2) is 8.09. The third kappa shape index (κ3) is 4.54. The molecule has 6 heteroatoms. The van der Waals surface area contributed by atoms with Crippen molar-refractivity contribution in [1.82, 2.24) is 4.98 Å². The Balaban J connectivity index is 2.44. The van der Waals surface area contributed by atoms with Crippen molar-refractivity contribution in [1.29, 1.82) is 5.26 Å². The molecular weight excluding hydrogens is 380 g/mol. The number of nitriles is 1. The number of carbonyl (C=O) groups is 1. The van der Waals surface area contributed by atoms with Crippen LogP contribution in [0.1, 0.15) is 29.4 Å². The summed E-state index contributed by atoms with van der Waals surface area (Å²) in [5, 5.41) is 10.3. The van der Waals surface area contributed by atoms with Crippen LogP contribution in [-0.4, -0.2) is 18.1 Å². The molecule has 2 atom stereocenters. The number of rotatable bonds is 5. The van der Waals surface area contributed by atoms with Gasteiger partial charge in [-0.15, -0.1) is 0 Å². The van der Waals surface area contributed by atoms with Crippen molar-refractivity contribution in [2.24, 2.45) is 0 Å². The van der Waals surface area contributed by atoms with Crippen LogP contribution in [0.25, 0.3) is 0 Å². The number of carbonyl (C=O) groups excluding carboxylic acids is 1. The molecule has 0 saturated carbocycles. The monoisotopic (exact) mass is 392 g/mol. The highest BCUT2D eigenvalue weighted by atomic mass is 79.9. The molecule has 23 heavy (non-hydrogen) atoms. The third-order valence-electron chi connectivity index (χ3n) is 3.54. The molecule has 0 radical (unpaired) electrons. The summed E-state index contributed by atoms with van der Waals surface area (Å²) >= 11 is 9.29. The van der Waals surface area contributed by atoms with Crippen LogP contribution < -0.4 is 0 Å². The van der Waals surface area contributed by atoms with Crippen LogP contribution in [0.15, 0.2) is 47.2 Å². The molecule has 1 aromatic carbocycles. The molecule has 0 aliphatic heterocycles. The average molecular weight is 394 g/mol. The number of hydrogen-bond acceptors (Lipinski definition) is 4. The minimum absolute atomic E-state index is 0.100. The van der Waals surface area contributed by atoms with Gasteiger partial charge < -0.3 is 4.74 Å². The average Bonchev–Trinajstić information content (AvgIpc) is 2.55. The lowest BCUT2D eigenvalue weighted by atomic mass is 9.81. The molecule has 0 fully saturated rings. The topological polar surface area (TPSA) is 63.0 Å². The van der Waals surface area contributed by atoms with Crippen LogP contribution in [0.5, 0.6) is 0 Å². The lowest BCUT2D eigenvalue weighted by molar-refractivity contribution is -0.141. The quantitative estimate of drug-likeness (QED) is 0.704. The third-order valence-corrected chi connectivity index (χ3v) is 4.22. The standard InChI is InChI=1S/C17H14BrClN2O2/c1-23-17(22)7-15(11-2-4-14(19)5-3-11)16(8-20)12-6-13(18)10-21-9-12/h2-6,9-10,15-16H,7H2,1H3. The van der Waals surface area contributed by atoms with Crippen LogP contribution in [-0.2, 0) is 9.53 Å². The van der Waals surface area contributed by atoms with Crippen molar-refractivity contribution in [3.8, 4) is 6.07 Å². The minimum atomic E-state index is -0.528. The maximum atomic E-state index is 11.8. The number of halogens is 2. The fourth-order valence-electron chi connectivity index (χ4n) is 2.40. The summed E-state index contributed by atoms with van der Waals surface area (Å²) in [7, 11) is 1.34. The molecular formula is C17H14BrClN2O2. The number of aromatic nitrogens is 1. The first-order valence-corrected chi connectivity index (χ1v) is 8.04. The lowest BCUT2D eigenvalue weighted by Crippen LogP contribution is -2.16. The zero-order chi connectivity index (χ0) is 16.8. The Morgan fingerprint density at radius 1 is 1.35 bits per heavy atom. The molecule has 0 bridgehead atoms. The molecule has 2 aromatic rings. The van der Waals surface area contributed by atoms with Gasteiger partial charge in [0.2, 0.25) is 0 Å². The largest absolute Gasteiger partial charge is 0.469 e. The van der Waals surface area contributed by atoms with E-state index in [0.29, 0.717) is 5.02 Å². The number of esters is 1. The molecule has 0 aliphatic rings. The molecule has 0 saturated heterocycles. The van der Waals surface area contributed by atoms with Gasteiger partial charge in [0.15, 0.2) is 0 Å². The Kier molecular flexibility index (Phi) is 6.14. The molecule has 1 heterocycles. The van der Waals surface area contributed by atoms with Gasteiger partial charge in [0, 0.05) is 27.8 Å². The molecule has 4 nitrogen and oxygen atoms in total. The maximum absolute atomic E-state index is 11.8. The number of pyridine rings is 1. The summed E-state index contributed by atoms with van der Waals surface area (Å²) in [5.41, 5.74) is 1.59. The Bertz CT molecular complexity index is 728. The SMILES string of the molecule is COC(=O)CC(c1ccc(Cl)cc1)C(C#N)c1cncc(Br)c1. The number of benzene rings is 1. The van der Waals surface area contributed by atoms with E-state index in [1.54, 1.807) is 24.5 Å². The second-order valence-corrected chi connectivity index (χ2v) is 6.33. The molecule has 0 amide bonds. The van der Waals surface area contributed by atoms with Crippen molar-refractivity contribution in [3.63, 3.8) is 0 Å². The molecule has 2 rings (SSSR count). The highest BCUT2D eigenvalue weighted by Gasteiger charge is 2.28. The van der Waals surface area contributed by atoms with Gasteiger partial charge in [-0.05, 0) is 45.3 Å². The van der Waals surface area contributed by atoms with Gasteiger partial charge in [-0.25, -0.2) is 0 Å². The van der Waals surface area contributed by atoms with Crippen molar-refractivity contribution in [3.05, 3.63) is 63.3 Å². The molecule has 0 spiro atoms. The second-order valence-electron chi connectivity index (χ2n) is 4.98. The zero-order valence-corrected chi connectivity index (χ0v) is 14.7. The summed E-state index contributed by atoms with van der Waals surface area (Å²) in [6, 6.07) is 11.3. The Labute approximate surface area is 148 Å². The number of methoxy groups -OCH3 is 1. The van der Waals surface area contributed by atoms with E-state index < -0.39 is 5.92 Å². The first-order valence-electron chi connectivity index (χ1n) is 6.87. The molecule has 0 aliphatic carbocycles. The predicted molar refractivity (Wildman–Crippen MR) is 91.1 cm³/mol. The van der Waals surface area contributed by atoms with Gasteiger partial charge in [0.05, 0.1) is 25.5 Å². The van der Waals surface area contributed by atoms with Crippen LogP contribution in [0.4, 0.5) is 0 Å². The molecule has 1 aromatic heterocycles. The Morgan fingerprint density at radius 3 is 2.61 bits per heavy atom. The molecule has 0 N–H and O–H groups in total. The Hall–Kier alpha value is -1.90.